The Labute approximate surface area is 489 Å². The van der Waals surface area contributed by atoms with E-state index in [1.807, 2.05) is 19.1 Å². The van der Waals surface area contributed by atoms with Gasteiger partial charge in [0.25, 0.3) is 0 Å². The quantitative estimate of drug-likeness (QED) is 0.0794. The Hall–Kier alpha value is -7.44. The Morgan fingerprint density at radius 2 is 0.747 bits per heavy atom. The number of carbonyl (C=O) groups excluding carboxylic acids is 3. The van der Waals surface area contributed by atoms with Gasteiger partial charge in [-0.2, -0.15) is 0 Å². The molecule has 18 heteroatoms. The van der Waals surface area contributed by atoms with Crippen LogP contribution in [0.25, 0.3) is 0 Å². The highest BCUT2D eigenvalue weighted by Gasteiger charge is 2.30. The van der Waals surface area contributed by atoms with Gasteiger partial charge >= 0.3 is 0 Å². The van der Waals surface area contributed by atoms with Gasteiger partial charge in [-0.25, -0.2) is 22.0 Å². The second-order valence-corrected chi connectivity index (χ2v) is 20.6. The standard InChI is InChI=1S/C22H25ClFN3O.C22H25F2N3O.C21H23F2N3O/c2*1-4-26(5-2)10-11-27-20-9-7-16(23)13-18(20)22(25-14-21(27)28)17-8-6-15(3)12-19(17)24;1-3-25(4-2)11-12-26-19-10-9-15(22)13-17(19)21(24-14-20(26)27)16-7-5-6-8-18(16)23/h2*6-9,12-13H,4-5,10-11,14H2,1-3H3;5-10,13H,3-4,11-12,14H2,1-2H3. The molecule has 0 saturated heterocycles. The maximum Gasteiger partial charge on any atom is 0.248 e. The van der Waals surface area contributed by atoms with Gasteiger partial charge in [-0.05, 0) is 155 Å². The molecule has 0 radical (unpaired) electrons. The summed E-state index contributed by atoms with van der Waals surface area (Å²) in [5.41, 5.74) is 7.03. The molecule has 9 rings (SSSR count). The number of likely N-dealkylation sites (N-methyl/N-ethyl adjacent to an activating group) is 3. The van der Waals surface area contributed by atoms with Gasteiger partial charge in [-0.3, -0.25) is 29.4 Å². The second kappa shape index (κ2) is 29.7. The van der Waals surface area contributed by atoms with E-state index < -0.39 is 23.3 Å². The molecule has 3 heterocycles. The van der Waals surface area contributed by atoms with Crippen LogP contribution in [0.1, 0.15) is 86.1 Å². The fourth-order valence-corrected chi connectivity index (χ4v) is 10.4. The summed E-state index contributed by atoms with van der Waals surface area (Å²) in [5.74, 6) is -2.59. The first-order valence-corrected chi connectivity index (χ1v) is 28.7. The SMILES string of the molecule is CCN(CC)CCN1C(=O)CN=C(c2ccc(C)cc2F)c2cc(Cl)ccc21.CCN(CC)CCN1C(=O)CN=C(c2ccc(C)cc2F)c2cc(F)ccc21.CCN(CC)CCN1C(=O)CN=C(c2ccccc2F)c2cc(F)ccc21. The normalized spacial score (nSPS) is 14.2. The van der Waals surface area contributed by atoms with Crippen LogP contribution in [0, 0.1) is 42.9 Å². The summed E-state index contributed by atoms with van der Waals surface area (Å²) in [6, 6.07) is 29.9. The zero-order valence-electron chi connectivity index (χ0n) is 48.6. The van der Waals surface area contributed by atoms with Crippen molar-refractivity contribution in [1.82, 2.24) is 14.7 Å². The van der Waals surface area contributed by atoms with Crippen molar-refractivity contribution in [2.45, 2.75) is 55.4 Å². The lowest BCUT2D eigenvalue weighted by molar-refractivity contribution is -0.118. The monoisotopic (exact) mass is 1160 g/mol. The summed E-state index contributed by atoms with van der Waals surface area (Å²) >= 11 is 6.24. The van der Waals surface area contributed by atoms with Crippen molar-refractivity contribution in [2.75, 3.05) is 113 Å². The largest absolute Gasteiger partial charge is 0.309 e. The highest BCUT2D eigenvalue weighted by Crippen LogP contribution is 2.33. The number of halogens is 6. The van der Waals surface area contributed by atoms with Crippen molar-refractivity contribution >= 4 is 63.5 Å². The lowest BCUT2D eigenvalue weighted by Crippen LogP contribution is -2.39. The Morgan fingerprint density at radius 3 is 1.10 bits per heavy atom. The van der Waals surface area contributed by atoms with Crippen molar-refractivity contribution in [1.29, 1.82) is 0 Å². The number of nitrogens with zero attached hydrogens (tertiary/aromatic N) is 9. The van der Waals surface area contributed by atoms with Gasteiger partial charge in [0.15, 0.2) is 0 Å². The summed E-state index contributed by atoms with van der Waals surface area (Å²) < 4.78 is 71.7. The molecule has 3 aliphatic heterocycles. The van der Waals surface area contributed by atoms with Gasteiger partial charge in [0, 0.05) is 77.7 Å². The number of fused-ring (bicyclic) bond motifs is 3. The molecule has 3 aliphatic rings. The zero-order valence-corrected chi connectivity index (χ0v) is 49.3. The molecule has 0 aromatic heterocycles. The lowest BCUT2D eigenvalue weighted by atomic mass is 9.98. The van der Waals surface area contributed by atoms with Gasteiger partial charge in [-0.1, -0.05) is 77.4 Å². The molecule has 3 amide bonds. The van der Waals surface area contributed by atoms with Crippen LogP contribution in [0.4, 0.5) is 39.0 Å². The molecule has 12 nitrogen and oxygen atoms in total. The Bertz CT molecular complexity index is 3230. The summed E-state index contributed by atoms with van der Waals surface area (Å²) in [7, 11) is 0. The summed E-state index contributed by atoms with van der Waals surface area (Å²) in [5, 5.41) is 0.525. The Morgan fingerprint density at radius 1 is 0.410 bits per heavy atom. The molecule has 0 fully saturated rings. The van der Waals surface area contributed by atoms with E-state index in [-0.39, 0.29) is 54.3 Å². The van der Waals surface area contributed by atoms with Crippen molar-refractivity contribution in [3.63, 3.8) is 0 Å². The van der Waals surface area contributed by atoms with Crippen molar-refractivity contribution in [2.24, 2.45) is 15.0 Å². The third-order valence-electron chi connectivity index (χ3n) is 15.0. The highest BCUT2D eigenvalue weighted by atomic mass is 35.5. The van der Waals surface area contributed by atoms with Crippen LogP contribution in [0.5, 0.6) is 0 Å². The average Bonchev–Trinajstić information content (AvgIpc) is 4.06. The number of amides is 3. The first-order valence-electron chi connectivity index (χ1n) is 28.3. The molecule has 83 heavy (non-hydrogen) atoms. The minimum Gasteiger partial charge on any atom is -0.309 e. The van der Waals surface area contributed by atoms with Gasteiger partial charge < -0.3 is 29.4 Å². The highest BCUT2D eigenvalue weighted by molar-refractivity contribution is 6.32. The van der Waals surface area contributed by atoms with Gasteiger partial charge in [0.05, 0.1) is 34.2 Å². The minimum absolute atomic E-state index is 0.0206. The smallest absolute Gasteiger partial charge is 0.248 e. The van der Waals surface area contributed by atoms with E-state index in [9.17, 15) is 36.3 Å². The van der Waals surface area contributed by atoms with E-state index in [0.717, 1.165) is 62.6 Å². The van der Waals surface area contributed by atoms with Crippen molar-refractivity contribution in [3.05, 3.63) is 194 Å². The Balaban J connectivity index is 0.000000179. The molecular formula is C65H73ClF5N9O3. The fraction of sp³-hybridized carbons (Fsp3) is 0.354. The van der Waals surface area contributed by atoms with Gasteiger partial charge in [0.1, 0.15) is 48.7 Å². The predicted molar refractivity (Wildman–Crippen MR) is 325 cm³/mol. The minimum atomic E-state index is -0.449. The van der Waals surface area contributed by atoms with Gasteiger partial charge in [-0.15, -0.1) is 0 Å². The summed E-state index contributed by atoms with van der Waals surface area (Å²) in [4.78, 5) is 63.2. The number of hydrogen-bond acceptors (Lipinski definition) is 9. The van der Waals surface area contributed by atoms with Crippen molar-refractivity contribution in [3.8, 4) is 0 Å². The molecule has 0 aliphatic carbocycles. The van der Waals surface area contributed by atoms with Crippen LogP contribution in [0.15, 0.2) is 130 Å². The number of hydrogen-bond donors (Lipinski definition) is 0. The van der Waals surface area contributed by atoms with E-state index >= 15 is 0 Å². The van der Waals surface area contributed by atoms with E-state index in [1.54, 1.807) is 82.3 Å². The first kappa shape index (κ1) is 63.1. The first-order chi connectivity index (χ1) is 39.9. The van der Waals surface area contributed by atoms with Crippen LogP contribution < -0.4 is 14.7 Å². The number of rotatable bonds is 18. The van der Waals surface area contributed by atoms with Crippen LogP contribution in [0.3, 0.4) is 0 Å². The maximum absolute atomic E-state index is 14.7. The molecule has 438 valence electrons. The molecule has 6 aromatic rings. The summed E-state index contributed by atoms with van der Waals surface area (Å²) in [6.45, 7) is 24.9. The van der Waals surface area contributed by atoms with E-state index in [0.29, 0.717) is 88.5 Å². The number of benzodiazepines with no additional fused rings is 3. The van der Waals surface area contributed by atoms with Crippen LogP contribution >= 0.6 is 11.6 Å². The number of anilines is 3. The molecule has 0 unspecified atom stereocenters. The third kappa shape index (κ3) is 15.6. The van der Waals surface area contributed by atoms with Crippen molar-refractivity contribution < 1.29 is 36.3 Å². The number of aryl methyl sites for hydroxylation is 2. The topological polar surface area (TPSA) is 108 Å². The molecule has 0 N–H and O–H groups in total. The average molecular weight is 1160 g/mol. The molecule has 6 aromatic carbocycles. The second-order valence-electron chi connectivity index (χ2n) is 20.1. The molecule has 0 bridgehead atoms. The third-order valence-corrected chi connectivity index (χ3v) is 15.3. The number of carbonyl (C=O) groups is 3. The molecule has 0 spiro atoms. The van der Waals surface area contributed by atoms with Gasteiger partial charge in [0.2, 0.25) is 17.7 Å². The zero-order chi connectivity index (χ0) is 59.9. The van der Waals surface area contributed by atoms with E-state index in [4.69, 9.17) is 11.6 Å². The maximum atomic E-state index is 14.7. The number of aliphatic imine (C=N–C) groups is 3. The molecule has 0 saturated carbocycles. The fourth-order valence-electron chi connectivity index (χ4n) is 10.2. The van der Waals surface area contributed by atoms with E-state index in [1.165, 1.54) is 42.5 Å². The summed E-state index contributed by atoms with van der Waals surface area (Å²) in [6.07, 6.45) is 0. The number of benzene rings is 6. The molecule has 0 atom stereocenters. The van der Waals surface area contributed by atoms with Crippen LogP contribution in [-0.2, 0) is 14.4 Å². The van der Waals surface area contributed by atoms with Crippen LogP contribution in [-0.4, -0.2) is 148 Å². The van der Waals surface area contributed by atoms with Crippen LogP contribution in [0.2, 0.25) is 5.02 Å². The predicted octanol–water partition coefficient (Wildman–Crippen LogP) is 11.6. The lowest BCUT2D eigenvalue weighted by Gasteiger charge is -2.27. The van der Waals surface area contributed by atoms with E-state index in [2.05, 4.69) is 71.2 Å². The Kier molecular flexibility index (Phi) is 22.6. The molecular weight excluding hydrogens is 1090 g/mol.